The first-order valence-electron chi connectivity index (χ1n) is 9.08. The first-order chi connectivity index (χ1) is 13.6. The summed E-state index contributed by atoms with van der Waals surface area (Å²) >= 11 is 5.26. The van der Waals surface area contributed by atoms with Crippen LogP contribution >= 0.6 is 12.2 Å². The molecule has 0 radical (unpaired) electrons. The molecule has 0 unspecified atom stereocenters. The number of nitrogens with zero attached hydrogens (tertiary/aromatic N) is 1. The first-order valence-corrected chi connectivity index (χ1v) is 9.49. The van der Waals surface area contributed by atoms with Crippen LogP contribution in [-0.4, -0.2) is 50.7 Å². The number of benzene rings is 2. The van der Waals surface area contributed by atoms with Gasteiger partial charge >= 0.3 is 0 Å². The van der Waals surface area contributed by atoms with Gasteiger partial charge in [-0.1, -0.05) is 24.3 Å². The molecule has 0 spiro atoms. The maximum Gasteiger partial charge on any atom is 0.166 e. The fraction of sp³-hybridized carbons (Fsp3) is 0.381. The lowest BCUT2D eigenvalue weighted by Gasteiger charge is -2.23. The van der Waals surface area contributed by atoms with Gasteiger partial charge in [0, 0.05) is 27.3 Å². The van der Waals surface area contributed by atoms with Gasteiger partial charge in [0.2, 0.25) is 0 Å². The Morgan fingerprint density at radius 1 is 0.821 bits per heavy atom. The van der Waals surface area contributed by atoms with Gasteiger partial charge in [-0.25, -0.2) is 0 Å². The van der Waals surface area contributed by atoms with Crippen molar-refractivity contribution in [3.05, 3.63) is 59.7 Å². The second-order valence-electron chi connectivity index (χ2n) is 6.17. The van der Waals surface area contributed by atoms with Crippen molar-refractivity contribution in [2.24, 2.45) is 5.73 Å². The number of hydrogen-bond acceptors (Lipinski definition) is 5. The summed E-state index contributed by atoms with van der Waals surface area (Å²) in [5.74, 6) is 1.59. The zero-order chi connectivity index (χ0) is 20.2. The Hall–Kier alpha value is -2.35. The van der Waals surface area contributed by atoms with E-state index in [1.54, 1.807) is 14.2 Å². The smallest absolute Gasteiger partial charge is 0.166 e. The Labute approximate surface area is 172 Å². The molecule has 0 saturated heterocycles. The van der Waals surface area contributed by atoms with Gasteiger partial charge in [0.05, 0.1) is 13.2 Å². The second-order valence-corrected chi connectivity index (χ2v) is 6.59. The molecule has 2 N–H and O–H groups in total. The third-order valence-corrected chi connectivity index (χ3v) is 4.23. The highest BCUT2D eigenvalue weighted by Crippen LogP contribution is 2.18. The predicted octanol–water partition coefficient (Wildman–Crippen LogP) is 2.98. The molecule has 28 heavy (non-hydrogen) atoms. The van der Waals surface area contributed by atoms with Gasteiger partial charge in [0.25, 0.3) is 0 Å². The van der Waals surface area contributed by atoms with Gasteiger partial charge < -0.3 is 29.6 Å². The Bertz CT molecular complexity index is 686. The maximum absolute atomic E-state index is 5.97. The van der Waals surface area contributed by atoms with Crippen LogP contribution in [0.25, 0.3) is 0 Å². The molecule has 0 amide bonds. The number of hydrogen-bond donors (Lipinski definition) is 1. The summed E-state index contributed by atoms with van der Waals surface area (Å²) in [5.41, 5.74) is 8.10. The molecular formula is C21H28N2O4S. The second kappa shape index (κ2) is 12.2. The van der Waals surface area contributed by atoms with E-state index in [1.165, 1.54) is 0 Å². The average Bonchev–Trinajstić information content (AvgIpc) is 2.68. The summed E-state index contributed by atoms with van der Waals surface area (Å²) in [6.07, 6.45) is 0. The summed E-state index contributed by atoms with van der Waals surface area (Å²) in [6.45, 7) is 3.29. The number of ether oxygens (including phenoxy) is 4. The average molecular weight is 405 g/mol. The summed E-state index contributed by atoms with van der Waals surface area (Å²) < 4.78 is 21.4. The largest absolute Gasteiger partial charge is 0.491 e. The van der Waals surface area contributed by atoms with Crippen LogP contribution in [-0.2, 0) is 22.6 Å². The predicted molar refractivity (Wildman–Crippen MR) is 114 cm³/mol. The molecule has 7 heteroatoms. The van der Waals surface area contributed by atoms with Crippen molar-refractivity contribution in [3.63, 3.8) is 0 Å². The minimum Gasteiger partial charge on any atom is -0.491 e. The fourth-order valence-corrected chi connectivity index (χ4v) is 2.73. The normalized spacial score (nSPS) is 10.5. The summed E-state index contributed by atoms with van der Waals surface area (Å²) in [6, 6.07) is 15.8. The van der Waals surface area contributed by atoms with Gasteiger partial charge in [-0.05, 0) is 47.6 Å². The third kappa shape index (κ3) is 7.72. The molecule has 6 nitrogen and oxygen atoms in total. The molecule has 0 aromatic heterocycles. The van der Waals surface area contributed by atoms with Crippen molar-refractivity contribution in [2.45, 2.75) is 13.1 Å². The molecular weight excluding hydrogens is 376 g/mol. The van der Waals surface area contributed by atoms with Crippen LogP contribution in [0.4, 0.5) is 0 Å². The van der Waals surface area contributed by atoms with Crippen molar-refractivity contribution >= 4 is 17.3 Å². The highest BCUT2D eigenvalue weighted by molar-refractivity contribution is 7.80. The van der Waals surface area contributed by atoms with Crippen LogP contribution in [0.1, 0.15) is 11.1 Å². The topological polar surface area (TPSA) is 66.2 Å². The monoisotopic (exact) mass is 404 g/mol. The van der Waals surface area contributed by atoms with Crippen LogP contribution in [0.5, 0.6) is 11.5 Å². The van der Waals surface area contributed by atoms with Crippen molar-refractivity contribution in [2.75, 3.05) is 40.6 Å². The van der Waals surface area contributed by atoms with Gasteiger partial charge in [0.15, 0.2) is 5.11 Å². The third-order valence-electron chi connectivity index (χ3n) is 3.97. The highest BCUT2D eigenvalue weighted by atomic mass is 32.1. The van der Waals surface area contributed by atoms with E-state index in [1.807, 2.05) is 53.4 Å². The van der Waals surface area contributed by atoms with E-state index < -0.39 is 0 Å². The van der Waals surface area contributed by atoms with Gasteiger partial charge in [0.1, 0.15) is 24.7 Å². The zero-order valence-electron chi connectivity index (χ0n) is 16.4. The van der Waals surface area contributed by atoms with Crippen LogP contribution < -0.4 is 15.2 Å². The quantitative estimate of drug-likeness (QED) is 0.431. The molecule has 2 rings (SSSR count). The van der Waals surface area contributed by atoms with Crippen molar-refractivity contribution in [1.29, 1.82) is 0 Å². The highest BCUT2D eigenvalue weighted by Gasteiger charge is 2.10. The Morgan fingerprint density at radius 3 is 1.68 bits per heavy atom. The first kappa shape index (κ1) is 21.9. The molecule has 0 aliphatic carbocycles. The molecule has 0 aliphatic heterocycles. The number of thiocarbonyl (C=S) groups is 1. The number of rotatable bonds is 12. The molecule has 2 aromatic rings. The van der Waals surface area contributed by atoms with E-state index >= 15 is 0 Å². The van der Waals surface area contributed by atoms with E-state index in [0.29, 0.717) is 44.6 Å². The standard InChI is InChI=1S/C21H28N2O4S/c1-24-9-11-26-19-7-3-5-17(13-19)15-23(21(22)28)16-18-6-4-8-20(14-18)27-12-10-25-2/h3-8,13-14H,9-12,15-16H2,1-2H3,(H2,22,28). The Balaban J connectivity index is 2.01. The summed E-state index contributed by atoms with van der Waals surface area (Å²) in [7, 11) is 3.30. The van der Waals surface area contributed by atoms with E-state index in [-0.39, 0.29) is 0 Å². The molecule has 0 heterocycles. The van der Waals surface area contributed by atoms with E-state index in [9.17, 15) is 0 Å². The lowest BCUT2D eigenvalue weighted by Crippen LogP contribution is -2.34. The van der Waals surface area contributed by atoms with Crippen molar-refractivity contribution in [3.8, 4) is 11.5 Å². The van der Waals surface area contributed by atoms with Crippen molar-refractivity contribution < 1.29 is 18.9 Å². The van der Waals surface area contributed by atoms with E-state index in [0.717, 1.165) is 22.6 Å². The van der Waals surface area contributed by atoms with Gasteiger partial charge in [-0.2, -0.15) is 0 Å². The molecule has 0 saturated carbocycles. The van der Waals surface area contributed by atoms with E-state index in [4.69, 9.17) is 36.9 Å². The van der Waals surface area contributed by atoms with Gasteiger partial charge in [-0.3, -0.25) is 0 Å². The molecule has 0 fully saturated rings. The lowest BCUT2D eigenvalue weighted by molar-refractivity contribution is 0.146. The summed E-state index contributed by atoms with van der Waals surface area (Å²) in [4.78, 5) is 1.94. The maximum atomic E-state index is 5.97. The minimum atomic E-state index is 0.344. The van der Waals surface area contributed by atoms with E-state index in [2.05, 4.69) is 0 Å². The van der Waals surface area contributed by atoms with Crippen LogP contribution in [0.15, 0.2) is 48.5 Å². The molecule has 152 valence electrons. The van der Waals surface area contributed by atoms with Crippen LogP contribution in [0.2, 0.25) is 0 Å². The molecule has 2 aromatic carbocycles. The minimum absolute atomic E-state index is 0.344. The lowest BCUT2D eigenvalue weighted by atomic mass is 10.1. The van der Waals surface area contributed by atoms with Crippen molar-refractivity contribution in [1.82, 2.24) is 4.90 Å². The van der Waals surface area contributed by atoms with Gasteiger partial charge in [-0.15, -0.1) is 0 Å². The SMILES string of the molecule is COCCOc1cccc(CN(Cc2cccc(OCCOC)c2)C(N)=S)c1. The Morgan fingerprint density at radius 2 is 1.29 bits per heavy atom. The summed E-state index contributed by atoms with van der Waals surface area (Å²) in [5, 5.41) is 0.344. The van der Waals surface area contributed by atoms with Crippen LogP contribution in [0.3, 0.4) is 0 Å². The number of nitrogens with two attached hydrogens (primary N) is 1. The zero-order valence-corrected chi connectivity index (χ0v) is 17.2. The fourth-order valence-electron chi connectivity index (χ4n) is 2.61. The van der Waals surface area contributed by atoms with Crippen LogP contribution in [0, 0.1) is 0 Å². The molecule has 0 atom stereocenters. The molecule has 0 aliphatic rings. The number of methoxy groups -OCH3 is 2. The molecule has 0 bridgehead atoms. The Kier molecular flexibility index (Phi) is 9.54.